The number of nitro groups is 1. The maximum atomic E-state index is 12.1. The highest BCUT2D eigenvalue weighted by Gasteiger charge is 2.19. The summed E-state index contributed by atoms with van der Waals surface area (Å²) in [5.41, 5.74) is -0.288. The molecule has 0 radical (unpaired) electrons. The van der Waals surface area contributed by atoms with Gasteiger partial charge in [0.2, 0.25) is 0 Å². The van der Waals surface area contributed by atoms with Crippen molar-refractivity contribution in [2.45, 2.75) is 6.61 Å². The van der Waals surface area contributed by atoms with E-state index in [1.54, 1.807) is 0 Å². The number of halogens is 2. The Hall–Kier alpha value is -3.76. The molecule has 148 valence electrons. The second-order valence-electron chi connectivity index (χ2n) is 5.17. The van der Waals surface area contributed by atoms with E-state index >= 15 is 0 Å². The summed E-state index contributed by atoms with van der Waals surface area (Å²) in [6, 6.07) is 8.56. The van der Waals surface area contributed by atoms with Gasteiger partial charge >= 0.3 is 18.3 Å². The maximum absolute atomic E-state index is 12.1. The van der Waals surface area contributed by atoms with Crippen LogP contribution in [0.2, 0.25) is 0 Å². The quantitative estimate of drug-likeness (QED) is 0.414. The number of amides is 1. The number of alkyl halides is 2. The molecule has 0 saturated heterocycles. The van der Waals surface area contributed by atoms with E-state index in [-0.39, 0.29) is 22.7 Å². The zero-order valence-corrected chi connectivity index (χ0v) is 14.4. The van der Waals surface area contributed by atoms with E-state index in [1.165, 1.54) is 43.5 Å². The molecule has 0 aliphatic rings. The standard InChI is InChI=1S/C17H14F2N2O7/c1-26-14-7-2-10(8-13(14)21(24)25)16(23)27-9-15(22)20-11-3-5-12(6-4-11)28-17(18)19/h2-8,17H,9H2,1H3,(H,20,22). The minimum absolute atomic E-state index is 0.0291. The number of carbonyl (C=O) groups excluding carboxylic acids is 2. The Morgan fingerprint density at radius 3 is 2.43 bits per heavy atom. The Labute approximate surface area is 157 Å². The van der Waals surface area contributed by atoms with E-state index in [2.05, 4.69) is 10.1 Å². The van der Waals surface area contributed by atoms with Crippen molar-refractivity contribution in [3.63, 3.8) is 0 Å². The van der Waals surface area contributed by atoms with Crippen molar-refractivity contribution in [1.82, 2.24) is 0 Å². The number of carbonyl (C=O) groups is 2. The molecule has 1 amide bonds. The van der Waals surface area contributed by atoms with Crippen molar-refractivity contribution in [2.24, 2.45) is 0 Å². The van der Waals surface area contributed by atoms with Gasteiger partial charge < -0.3 is 19.5 Å². The lowest BCUT2D eigenvalue weighted by Gasteiger charge is -2.08. The maximum Gasteiger partial charge on any atom is 0.387 e. The normalized spacial score (nSPS) is 10.3. The van der Waals surface area contributed by atoms with Gasteiger partial charge in [0.1, 0.15) is 5.75 Å². The smallest absolute Gasteiger partial charge is 0.387 e. The van der Waals surface area contributed by atoms with Gasteiger partial charge in [-0.2, -0.15) is 8.78 Å². The van der Waals surface area contributed by atoms with E-state index in [1.807, 2.05) is 0 Å². The summed E-state index contributed by atoms with van der Waals surface area (Å²) in [7, 11) is 1.25. The van der Waals surface area contributed by atoms with Crippen LogP contribution in [0.4, 0.5) is 20.2 Å². The molecule has 28 heavy (non-hydrogen) atoms. The lowest BCUT2D eigenvalue weighted by Crippen LogP contribution is -2.21. The van der Waals surface area contributed by atoms with E-state index in [0.29, 0.717) is 0 Å². The third-order valence-electron chi connectivity index (χ3n) is 3.31. The van der Waals surface area contributed by atoms with Gasteiger partial charge in [0.05, 0.1) is 17.6 Å². The third kappa shape index (κ3) is 5.62. The molecule has 0 aliphatic heterocycles. The van der Waals surface area contributed by atoms with Crippen molar-refractivity contribution >= 4 is 23.3 Å². The van der Waals surface area contributed by atoms with Gasteiger partial charge in [0.15, 0.2) is 12.4 Å². The fraction of sp³-hybridized carbons (Fsp3) is 0.176. The van der Waals surface area contributed by atoms with Crippen LogP contribution < -0.4 is 14.8 Å². The number of anilines is 1. The number of methoxy groups -OCH3 is 1. The first-order valence-electron chi connectivity index (χ1n) is 7.64. The summed E-state index contributed by atoms with van der Waals surface area (Å²) >= 11 is 0. The molecular formula is C17H14F2N2O7. The van der Waals surface area contributed by atoms with Crippen LogP contribution in [0.5, 0.6) is 11.5 Å². The van der Waals surface area contributed by atoms with Gasteiger partial charge in [0.25, 0.3) is 5.91 Å². The molecule has 2 aromatic carbocycles. The van der Waals surface area contributed by atoms with E-state index in [9.17, 15) is 28.5 Å². The predicted molar refractivity (Wildman–Crippen MR) is 91.6 cm³/mol. The Morgan fingerprint density at radius 1 is 1.18 bits per heavy atom. The molecule has 11 heteroatoms. The van der Waals surface area contributed by atoms with Crippen LogP contribution in [0, 0.1) is 10.1 Å². The first-order chi connectivity index (χ1) is 13.3. The zero-order chi connectivity index (χ0) is 20.7. The fourth-order valence-corrected chi connectivity index (χ4v) is 2.09. The first kappa shape index (κ1) is 20.6. The largest absolute Gasteiger partial charge is 0.490 e. The van der Waals surface area contributed by atoms with Crippen molar-refractivity contribution in [1.29, 1.82) is 0 Å². The summed E-state index contributed by atoms with van der Waals surface area (Å²) in [6.45, 7) is -3.62. The molecule has 0 unspecified atom stereocenters. The molecule has 2 rings (SSSR count). The highest BCUT2D eigenvalue weighted by Crippen LogP contribution is 2.27. The van der Waals surface area contributed by atoms with Gasteiger partial charge in [0, 0.05) is 11.8 Å². The Kier molecular flexibility index (Phi) is 6.79. The average molecular weight is 396 g/mol. The minimum Gasteiger partial charge on any atom is -0.490 e. The van der Waals surface area contributed by atoms with Crippen LogP contribution in [0.1, 0.15) is 10.4 Å². The molecule has 0 spiro atoms. The van der Waals surface area contributed by atoms with Gasteiger partial charge in [-0.25, -0.2) is 4.79 Å². The molecule has 0 heterocycles. The first-order valence-corrected chi connectivity index (χ1v) is 7.64. The lowest BCUT2D eigenvalue weighted by molar-refractivity contribution is -0.385. The van der Waals surface area contributed by atoms with Crippen LogP contribution in [-0.4, -0.2) is 37.1 Å². The number of rotatable bonds is 8. The topological polar surface area (TPSA) is 117 Å². The van der Waals surface area contributed by atoms with E-state index < -0.39 is 35.7 Å². The van der Waals surface area contributed by atoms with E-state index in [4.69, 9.17) is 9.47 Å². The molecule has 0 saturated carbocycles. The third-order valence-corrected chi connectivity index (χ3v) is 3.31. The molecule has 0 aliphatic carbocycles. The minimum atomic E-state index is -2.96. The van der Waals surface area contributed by atoms with Crippen LogP contribution in [0.25, 0.3) is 0 Å². The number of ether oxygens (including phenoxy) is 3. The number of nitrogens with one attached hydrogen (secondary N) is 1. The highest BCUT2D eigenvalue weighted by atomic mass is 19.3. The van der Waals surface area contributed by atoms with E-state index in [0.717, 1.165) is 6.07 Å². The van der Waals surface area contributed by atoms with Crippen LogP contribution in [0.3, 0.4) is 0 Å². The van der Waals surface area contributed by atoms with Crippen molar-refractivity contribution < 1.29 is 37.5 Å². The molecule has 0 aromatic heterocycles. The van der Waals surface area contributed by atoms with Crippen molar-refractivity contribution in [3.8, 4) is 11.5 Å². The number of nitro benzene ring substituents is 1. The zero-order valence-electron chi connectivity index (χ0n) is 14.4. The van der Waals surface area contributed by atoms with Crippen LogP contribution in [0.15, 0.2) is 42.5 Å². The molecular weight excluding hydrogens is 382 g/mol. The molecule has 1 N–H and O–H groups in total. The predicted octanol–water partition coefficient (Wildman–Crippen LogP) is 3.00. The van der Waals surface area contributed by atoms with Gasteiger partial charge in [-0.05, 0) is 36.4 Å². The molecule has 2 aromatic rings. The number of nitrogens with zero attached hydrogens (tertiary/aromatic N) is 1. The number of hydrogen-bond acceptors (Lipinski definition) is 7. The number of benzene rings is 2. The van der Waals surface area contributed by atoms with Gasteiger partial charge in [-0.3, -0.25) is 14.9 Å². The van der Waals surface area contributed by atoms with Gasteiger partial charge in [-0.15, -0.1) is 0 Å². The summed E-state index contributed by atoms with van der Waals surface area (Å²) < 4.78 is 38.0. The Balaban J connectivity index is 1.92. The van der Waals surface area contributed by atoms with Crippen LogP contribution in [-0.2, 0) is 9.53 Å². The molecule has 0 bridgehead atoms. The van der Waals surface area contributed by atoms with Gasteiger partial charge in [-0.1, -0.05) is 0 Å². The fourth-order valence-electron chi connectivity index (χ4n) is 2.09. The molecule has 0 atom stereocenters. The summed E-state index contributed by atoms with van der Waals surface area (Å²) in [6.07, 6.45) is 0. The second kappa shape index (κ2) is 9.26. The number of esters is 1. The monoisotopic (exact) mass is 396 g/mol. The van der Waals surface area contributed by atoms with Crippen LogP contribution >= 0.6 is 0 Å². The Morgan fingerprint density at radius 2 is 1.86 bits per heavy atom. The SMILES string of the molecule is COc1ccc(C(=O)OCC(=O)Nc2ccc(OC(F)F)cc2)cc1[N+](=O)[O-]. The molecule has 0 fully saturated rings. The Bertz CT molecular complexity index is 872. The summed E-state index contributed by atoms with van der Waals surface area (Å²) in [5.74, 6) is -1.75. The summed E-state index contributed by atoms with van der Waals surface area (Å²) in [4.78, 5) is 34.0. The lowest BCUT2D eigenvalue weighted by atomic mass is 10.2. The van der Waals surface area contributed by atoms with Crippen molar-refractivity contribution in [2.75, 3.05) is 19.0 Å². The number of hydrogen-bond donors (Lipinski definition) is 1. The molecule has 9 nitrogen and oxygen atoms in total. The average Bonchev–Trinajstić information content (AvgIpc) is 2.66. The van der Waals surface area contributed by atoms with Crippen molar-refractivity contribution in [3.05, 3.63) is 58.1 Å². The summed E-state index contributed by atoms with van der Waals surface area (Å²) in [5, 5.41) is 13.4. The highest BCUT2D eigenvalue weighted by molar-refractivity contribution is 5.96. The second-order valence-corrected chi connectivity index (χ2v) is 5.17.